The molecular weight excluding hydrogens is 300 g/mol. The highest BCUT2D eigenvalue weighted by Gasteiger charge is 2.49. The lowest BCUT2D eigenvalue weighted by Gasteiger charge is -2.38. The lowest BCUT2D eigenvalue weighted by Crippen LogP contribution is -2.49. The molecule has 0 amide bonds. The summed E-state index contributed by atoms with van der Waals surface area (Å²) in [6.07, 6.45) is 4.99. The van der Waals surface area contributed by atoms with Crippen molar-refractivity contribution in [3.05, 3.63) is 23.3 Å². The van der Waals surface area contributed by atoms with Crippen molar-refractivity contribution < 1.29 is 9.84 Å². The van der Waals surface area contributed by atoms with Crippen molar-refractivity contribution in [2.24, 2.45) is 16.8 Å². The van der Waals surface area contributed by atoms with Gasteiger partial charge in [-0.05, 0) is 64.1 Å². The van der Waals surface area contributed by atoms with Gasteiger partial charge in [0.05, 0.1) is 0 Å². The minimum atomic E-state index is 0.0850. The maximum atomic E-state index is 10.3. The second-order valence-corrected chi connectivity index (χ2v) is 7.76. The van der Waals surface area contributed by atoms with E-state index in [1.54, 1.807) is 6.07 Å². The Balaban J connectivity index is 1.71. The number of benzene rings is 1. The highest BCUT2D eigenvalue weighted by Crippen LogP contribution is 2.53. The average molecular weight is 328 g/mol. The molecule has 4 nitrogen and oxygen atoms in total. The minimum Gasteiger partial charge on any atom is -0.504 e. The molecule has 0 radical (unpaired) electrons. The van der Waals surface area contributed by atoms with Crippen molar-refractivity contribution in [2.45, 2.75) is 57.6 Å². The Morgan fingerprint density at radius 3 is 2.79 bits per heavy atom. The summed E-state index contributed by atoms with van der Waals surface area (Å²) in [7, 11) is 2.01. The van der Waals surface area contributed by atoms with Gasteiger partial charge in [0.2, 0.25) is 0 Å². The molecule has 0 aromatic heterocycles. The van der Waals surface area contributed by atoms with E-state index in [9.17, 15) is 5.11 Å². The van der Waals surface area contributed by atoms with E-state index in [2.05, 4.69) is 19.2 Å². The summed E-state index contributed by atoms with van der Waals surface area (Å²) in [5.74, 6) is 2.50. The van der Waals surface area contributed by atoms with E-state index >= 15 is 0 Å². The molecule has 130 valence electrons. The molecule has 2 fully saturated rings. The van der Waals surface area contributed by atoms with Crippen LogP contribution in [0.4, 0.5) is 0 Å². The van der Waals surface area contributed by atoms with E-state index in [-0.39, 0.29) is 11.9 Å². The summed E-state index contributed by atoms with van der Waals surface area (Å²) in [4.78, 5) is 4.92. The fraction of sp³-hybridized carbons (Fsp3) is 0.650. The maximum absolute atomic E-state index is 10.3. The van der Waals surface area contributed by atoms with Gasteiger partial charge in [-0.2, -0.15) is 0 Å². The van der Waals surface area contributed by atoms with Gasteiger partial charge in [0.15, 0.2) is 11.5 Å². The molecule has 1 aliphatic heterocycles. The Morgan fingerprint density at radius 2 is 2.08 bits per heavy atom. The van der Waals surface area contributed by atoms with Crippen LogP contribution in [-0.4, -0.2) is 36.6 Å². The third-order valence-corrected chi connectivity index (χ3v) is 6.16. The van der Waals surface area contributed by atoms with Crippen molar-refractivity contribution in [2.75, 3.05) is 13.6 Å². The minimum absolute atomic E-state index is 0.0850. The van der Waals surface area contributed by atoms with Gasteiger partial charge in [0.1, 0.15) is 6.10 Å². The number of nitrogens with one attached hydrogen (secondary N) is 1. The Kier molecular flexibility index (Phi) is 4.03. The molecule has 3 unspecified atom stereocenters. The smallest absolute Gasteiger partial charge is 0.165 e. The summed E-state index contributed by atoms with van der Waals surface area (Å²) in [6.45, 7) is 5.31. The molecule has 4 heteroatoms. The number of hydrogen-bond donors (Lipinski definition) is 2. The number of likely N-dealkylation sites (N-methyl/N-ethyl adjacent to an activating group) is 1. The zero-order valence-electron chi connectivity index (χ0n) is 14.9. The van der Waals surface area contributed by atoms with Crippen LogP contribution in [-0.2, 0) is 0 Å². The number of ether oxygens (including phenoxy) is 1. The van der Waals surface area contributed by atoms with Crippen LogP contribution in [0.15, 0.2) is 17.1 Å². The Hall–Kier alpha value is -1.55. The summed E-state index contributed by atoms with van der Waals surface area (Å²) in [5.41, 5.74) is 3.68. The van der Waals surface area contributed by atoms with Crippen LogP contribution in [0.1, 0.15) is 49.7 Å². The molecule has 0 spiro atoms. The van der Waals surface area contributed by atoms with Gasteiger partial charge >= 0.3 is 0 Å². The largest absolute Gasteiger partial charge is 0.504 e. The van der Waals surface area contributed by atoms with Crippen molar-refractivity contribution in [1.29, 1.82) is 0 Å². The quantitative estimate of drug-likeness (QED) is 0.833. The van der Waals surface area contributed by atoms with E-state index in [1.807, 2.05) is 13.1 Å². The maximum Gasteiger partial charge on any atom is 0.165 e. The first kappa shape index (κ1) is 15.9. The monoisotopic (exact) mass is 328 g/mol. The van der Waals surface area contributed by atoms with E-state index < -0.39 is 0 Å². The van der Waals surface area contributed by atoms with Gasteiger partial charge in [0, 0.05) is 35.7 Å². The number of aliphatic imine (C=N–C) groups is 1. The average Bonchev–Trinajstić information content (AvgIpc) is 3.32. The third-order valence-electron chi connectivity index (χ3n) is 6.16. The molecule has 4 rings (SSSR count). The molecule has 1 heterocycles. The summed E-state index contributed by atoms with van der Waals surface area (Å²) < 4.78 is 6.28. The van der Waals surface area contributed by atoms with Crippen molar-refractivity contribution >= 4 is 5.71 Å². The van der Waals surface area contributed by atoms with E-state index in [0.29, 0.717) is 23.6 Å². The molecule has 0 saturated heterocycles. The van der Waals surface area contributed by atoms with E-state index in [0.717, 1.165) is 25.3 Å². The number of fused-ring (bicyclic) bond motifs is 3. The summed E-state index contributed by atoms with van der Waals surface area (Å²) in [6, 6.07) is 4.09. The normalized spacial score (nSPS) is 32.2. The fourth-order valence-electron chi connectivity index (χ4n) is 4.53. The number of phenols is 1. The van der Waals surface area contributed by atoms with Crippen LogP contribution >= 0.6 is 0 Å². The first-order chi connectivity index (χ1) is 11.6. The van der Waals surface area contributed by atoms with Crippen LogP contribution in [0.3, 0.4) is 0 Å². The lowest BCUT2D eigenvalue weighted by atomic mass is 9.70. The third kappa shape index (κ3) is 2.61. The van der Waals surface area contributed by atoms with Gasteiger partial charge in [-0.25, -0.2) is 0 Å². The van der Waals surface area contributed by atoms with Crippen LogP contribution in [0.25, 0.3) is 0 Å². The molecule has 2 N–H and O–H groups in total. The van der Waals surface area contributed by atoms with Gasteiger partial charge in [0.25, 0.3) is 0 Å². The summed E-state index contributed by atoms with van der Waals surface area (Å²) >= 11 is 0. The number of aryl methyl sites for hydroxylation is 1. The Morgan fingerprint density at radius 1 is 1.29 bits per heavy atom. The first-order valence-corrected chi connectivity index (χ1v) is 9.27. The zero-order chi connectivity index (χ0) is 16.8. The van der Waals surface area contributed by atoms with Crippen molar-refractivity contribution in [3.8, 4) is 11.5 Å². The second-order valence-electron chi connectivity index (χ2n) is 7.76. The lowest BCUT2D eigenvalue weighted by molar-refractivity contribution is 0.108. The van der Waals surface area contributed by atoms with Gasteiger partial charge < -0.3 is 15.2 Å². The molecule has 1 aromatic rings. The SMILES string of the molecule is CN[C@@H]1CCC(/C(C)=N\CC2CC2)C2c3c(C)ccc(O)c3OC21. The Bertz CT molecular complexity index is 666. The van der Waals surface area contributed by atoms with Gasteiger partial charge in [-0.1, -0.05) is 6.07 Å². The zero-order valence-corrected chi connectivity index (χ0v) is 14.9. The van der Waals surface area contributed by atoms with Crippen LogP contribution < -0.4 is 10.1 Å². The number of phenolic OH excluding ortho intramolecular Hbond substituents is 1. The highest BCUT2D eigenvalue weighted by molar-refractivity contribution is 5.86. The molecule has 4 atom stereocenters. The standard InChI is InChI=1S/C20H28N2O2/c1-11-4-9-16(23)20-17(11)18-14(12(2)22-10-13-5-6-13)7-8-15(21-3)19(18)24-20/h4,9,13-15,18-19,21,23H,5-8,10H2,1-3H3/b22-12-/t14?,15-,18?,19?/m1/s1. The Labute approximate surface area is 144 Å². The van der Waals surface area contributed by atoms with Crippen molar-refractivity contribution in [3.63, 3.8) is 0 Å². The fourth-order valence-corrected chi connectivity index (χ4v) is 4.53. The van der Waals surface area contributed by atoms with Crippen LogP contribution in [0, 0.1) is 18.8 Å². The molecule has 24 heavy (non-hydrogen) atoms. The molecule has 1 aromatic carbocycles. The topological polar surface area (TPSA) is 53.9 Å². The number of rotatable bonds is 4. The second kappa shape index (κ2) is 6.07. The first-order valence-electron chi connectivity index (χ1n) is 9.27. The van der Waals surface area contributed by atoms with Crippen LogP contribution in [0.5, 0.6) is 11.5 Å². The number of aromatic hydroxyl groups is 1. The predicted molar refractivity (Wildman–Crippen MR) is 96.3 cm³/mol. The molecule has 2 saturated carbocycles. The number of nitrogens with zero attached hydrogens (tertiary/aromatic N) is 1. The van der Waals surface area contributed by atoms with Gasteiger partial charge in [-0.3, -0.25) is 4.99 Å². The predicted octanol–water partition coefficient (Wildman–Crippen LogP) is 3.41. The van der Waals surface area contributed by atoms with Crippen LogP contribution in [0.2, 0.25) is 0 Å². The van der Waals surface area contributed by atoms with E-state index in [4.69, 9.17) is 9.73 Å². The highest BCUT2D eigenvalue weighted by atomic mass is 16.5. The van der Waals surface area contributed by atoms with Crippen molar-refractivity contribution in [1.82, 2.24) is 5.32 Å². The van der Waals surface area contributed by atoms with Gasteiger partial charge in [-0.15, -0.1) is 0 Å². The summed E-state index contributed by atoms with van der Waals surface area (Å²) in [5, 5.41) is 13.7. The number of hydrogen-bond acceptors (Lipinski definition) is 4. The molecular formula is C20H28N2O2. The molecule has 3 aliphatic rings. The molecule has 2 aliphatic carbocycles. The van der Waals surface area contributed by atoms with E-state index in [1.165, 1.54) is 29.7 Å². The molecule has 0 bridgehead atoms.